The first-order valence-electron chi connectivity index (χ1n) is 10.7. The van der Waals surface area contributed by atoms with Crippen molar-refractivity contribution >= 4 is 28.6 Å². The number of amides is 2. The van der Waals surface area contributed by atoms with E-state index in [2.05, 4.69) is 15.5 Å². The maximum atomic E-state index is 13.3. The SMILES string of the molecule is COc1ccc(N2C(=O)NC(c3ccc(OC)c(O)c3)C(c3nc(-c4cccs4)no3)=C2C)cc1. The summed E-state index contributed by atoms with van der Waals surface area (Å²) in [6.45, 7) is 1.82. The number of carbonyl (C=O) groups excluding carboxylic acids is 1. The molecule has 9 nitrogen and oxygen atoms in total. The van der Waals surface area contributed by atoms with Gasteiger partial charge in [0.05, 0.1) is 36.4 Å². The summed E-state index contributed by atoms with van der Waals surface area (Å²) in [6.07, 6.45) is 0. The minimum atomic E-state index is -0.648. The summed E-state index contributed by atoms with van der Waals surface area (Å²) in [6, 6.07) is 15.0. The predicted octanol–water partition coefficient (Wildman–Crippen LogP) is 5.22. The molecule has 1 aliphatic heterocycles. The molecule has 0 aliphatic carbocycles. The zero-order valence-corrected chi connectivity index (χ0v) is 20.0. The van der Waals surface area contributed by atoms with Gasteiger partial charge in [-0.25, -0.2) is 4.79 Å². The molecule has 0 bridgehead atoms. The number of anilines is 1. The summed E-state index contributed by atoms with van der Waals surface area (Å²) in [5.74, 6) is 1.69. The van der Waals surface area contributed by atoms with Crippen molar-refractivity contribution in [1.82, 2.24) is 15.5 Å². The smallest absolute Gasteiger partial charge is 0.326 e. The molecule has 0 spiro atoms. The number of benzene rings is 2. The van der Waals surface area contributed by atoms with Crippen molar-refractivity contribution in [3.05, 3.63) is 77.1 Å². The summed E-state index contributed by atoms with van der Waals surface area (Å²) < 4.78 is 16.1. The molecule has 178 valence electrons. The molecule has 0 saturated heterocycles. The summed E-state index contributed by atoms with van der Waals surface area (Å²) in [5, 5.41) is 19.5. The first-order valence-corrected chi connectivity index (χ1v) is 11.6. The van der Waals surface area contributed by atoms with Crippen LogP contribution < -0.4 is 19.7 Å². The molecule has 4 aromatic rings. The average molecular weight is 491 g/mol. The van der Waals surface area contributed by atoms with E-state index < -0.39 is 6.04 Å². The van der Waals surface area contributed by atoms with E-state index >= 15 is 0 Å². The number of urea groups is 1. The fourth-order valence-electron chi connectivity index (χ4n) is 4.04. The van der Waals surface area contributed by atoms with Gasteiger partial charge in [0.15, 0.2) is 11.5 Å². The molecular weight excluding hydrogens is 468 g/mol. The van der Waals surface area contributed by atoms with E-state index in [-0.39, 0.29) is 17.7 Å². The fourth-order valence-corrected chi connectivity index (χ4v) is 4.69. The molecule has 35 heavy (non-hydrogen) atoms. The summed E-state index contributed by atoms with van der Waals surface area (Å²) in [7, 11) is 3.06. The first-order chi connectivity index (χ1) is 17.0. The molecular formula is C25H22N4O5S. The van der Waals surface area contributed by atoms with Crippen LogP contribution in [-0.2, 0) is 0 Å². The number of rotatable bonds is 6. The van der Waals surface area contributed by atoms with Crippen molar-refractivity contribution < 1.29 is 23.9 Å². The molecule has 3 heterocycles. The molecule has 2 N–H and O–H groups in total. The second kappa shape index (κ2) is 9.15. The number of aromatic nitrogens is 2. The van der Waals surface area contributed by atoms with E-state index in [4.69, 9.17) is 14.0 Å². The van der Waals surface area contributed by atoms with E-state index in [0.717, 1.165) is 4.88 Å². The summed E-state index contributed by atoms with van der Waals surface area (Å²) in [5.41, 5.74) is 2.50. The first kappa shape index (κ1) is 22.5. The Kier molecular flexibility index (Phi) is 5.87. The van der Waals surface area contributed by atoms with Gasteiger partial charge in [0, 0.05) is 5.70 Å². The number of carbonyl (C=O) groups is 1. The molecule has 0 radical (unpaired) electrons. The lowest BCUT2D eigenvalue weighted by Gasteiger charge is -2.35. The van der Waals surface area contributed by atoms with Gasteiger partial charge in [-0.3, -0.25) is 4.90 Å². The van der Waals surface area contributed by atoms with Crippen LogP contribution in [0, 0.1) is 0 Å². The van der Waals surface area contributed by atoms with Crippen LogP contribution >= 0.6 is 11.3 Å². The number of nitrogens with zero attached hydrogens (tertiary/aromatic N) is 3. The van der Waals surface area contributed by atoms with E-state index in [1.165, 1.54) is 18.4 Å². The highest BCUT2D eigenvalue weighted by molar-refractivity contribution is 7.13. The van der Waals surface area contributed by atoms with E-state index in [9.17, 15) is 9.90 Å². The molecule has 0 saturated carbocycles. The van der Waals surface area contributed by atoms with Crippen LogP contribution in [0.15, 0.2) is 70.2 Å². The van der Waals surface area contributed by atoms with Crippen LogP contribution in [0.2, 0.25) is 0 Å². The van der Waals surface area contributed by atoms with Gasteiger partial charge in [-0.15, -0.1) is 11.3 Å². The highest BCUT2D eigenvalue weighted by atomic mass is 32.1. The number of methoxy groups -OCH3 is 2. The summed E-state index contributed by atoms with van der Waals surface area (Å²) in [4.78, 5) is 20.4. The molecule has 1 unspecified atom stereocenters. The maximum absolute atomic E-state index is 13.3. The Bertz CT molecular complexity index is 1400. The minimum Gasteiger partial charge on any atom is -0.504 e. The molecule has 2 aromatic heterocycles. The number of phenols is 1. The van der Waals surface area contributed by atoms with Crippen molar-refractivity contribution in [2.45, 2.75) is 13.0 Å². The van der Waals surface area contributed by atoms with Crippen molar-refractivity contribution in [2.24, 2.45) is 0 Å². The quantitative estimate of drug-likeness (QED) is 0.381. The van der Waals surface area contributed by atoms with Gasteiger partial charge in [0.25, 0.3) is 5.89 Å². The number of hydrogen-bond donors (Lipinski definition) is 2. The lowest BCUT2D eigenvalue weighted by atomic mass is 9.94. The Morgan fingerprint density at radius 2 is 1.91 bits per heavy atom. The fraction of sp³-hybridized carbons (Fsp3) is 0.160. The molecule has 2 amide bonds. The van der Waals surface area contributed by atoms with Crippen LogP contribution in [0.3, 0.4) is 0 Å². The van der Waals surface area contributed by atoms with E-state index in [1.54, 1.807) is 54.5 Å². The molecule has 10 heteroatoms. The van der Waals surface area contributed by atoms with Crippen LogP contribution in [0.4, 0.5) is 10.5 Å². The largest absolute Gasteiger partial charge is 0.504 e. The molecule has 0 fully saturated rings. The van der Waals surface area contributed by atoms with Crippen molar-refractivity contribution in [1.29, 1.82) is 0 Å². The molecule has 2 aromatic carbocycles. The zero-order valence-electron chi connectivity index (χ0n) is 19.2. The zero-order chi connectivity index (χ0) is 24.5. The number of phenolic OH excluding ortho intramolecular Hbond substituents is 1. The monoisotopic (exact) mass is 490 g/mol. The molecule has 1 atom stereocenters. The predicted molar refractivity (Wildman–Crippen MR) is 132 cm³/mol. The Hall–Kier alpha value is -4.31. The van der Waals surface area contributed by atoms with Gasteiger partial charge >= 0.3 is 6.03 Å². The minimum absolute atomic E-state index is 0.0429. The Balaban J connectivity index is 1.65. The van der Waals surface area contributed by atoms with Crippen molar-refractivity contribution in [3.8, 4) is 28.0 Å². The third kappa shape index (κ3) is 4.08. The second-order valence-electron chi connectivity index (χ2n) is 7.75. The van der Waals surface area contributed by atoms with Gasteiger partial charge in [-0.05, 0) is 60.3 Å². The highest BCUT2D eigenvalue weighted by Crippen LogP contribution is 2.41. The number of allylic oxidation sites excluding steroid dienone is 1. The van der Waals surface area contributed by atoms with Gasteiger partial charge in [-0.1, -0.05) is 17.3 Å². The van der Waals surface area contributed by atoms with E-state index in [1.807, 2.05) is 24.4 Å². The second-order valence-corrected chi connectivity index (χ2v) is 8.69. The number of nitrogens with one attached hydrogen (secondary N) is 1. The molecule has 1 aliphatic rings. The van der Waals surface area contributed by atoms with Crippen LogP contribution in [0.5, 0.6) is 17.2 Å². The summed E-state index contributed by atoms with van der Waals surface area (Å²) >= 11 is 1.50. The van der Waals surface area contributed by atoms with Gasteiger partial charge in [0.1, 0.15) is 5.75 Å². The van der Waals surface area contributed by atoms with Crippen LogP contribution in [0.1, 0.15) is 24.4 Å². The Labute approximate surface area is 205 Å². The topological polar surface area (TPSA) is 110 Å². The lowest BCUT2D eigenvalue weighted by Crippen LogP contribution is -2.46. The molecule has 5 rings (SSSR count). The average Bonchev–Trinajstić information content (AvgIpc) is 3.56. The normalized spacial score (nSPS) is 15.8. The van der Waals surface area contributed by atoms with Crippen molar-refractivity contribution in [3.63, 3.8) is 0 Å². The van der Waals surface area contributed by atoms with Gasteiger partial charge < -0.3 is 24.4 Å². The third-order valence-electron chi connectivity index (χ3n) is 5.75. The van der Waals surface area contributed by atoms with Crippen LogP contribution in [0.25, 0.3) is 16.3 Å². The third-order valence-corrected chi connectivity index (χ3v) is 6.62. The lowest BCUT2D eigenvalue weighted by molar-refractivity contribution is 0.244. The van der Waals surface area contributed by atoms with Gasteiger partial charge in [0.2, 0.25) is 5.82 Å². The Morgan fingerprint density at radius 3 is 2.57 bits per heavy atom. The number of aromatic hydroxyl groups is 1. The van der Waals surface area contributed by atoms with Gasteiger partial charge in [-0.2, -0.15) is 4.98 Å². The number of thiophene rings is 1. The Morgan fingerprint density at radius 1 is 1.11 bits per heavy atom. The maximum Gasteiger partial charge on any atom is 0.326 e. The number of ether oxygens (including phenoxy) is 2. The highest BCUT2D eigenvalue weighted by Gasteiger charge is 2.37. The van der Waals surface area contributed by atoms with E-state index in [0.29, 0.717) is 39.8 Å². The van der Waals surface area contributed by atoms with Crippen LogP contribution in [-0.4, -0.2) is 35.5 Å². The number of hydrogen-bond acceptors (Lipinski definition) is 8. The standard InChI is InChI=1S/C25H22N4O5S/c1-14-21(24-27-23(28-34-24)20-5-4-12-35-20)22(15-6-11-19(33-3)18(30)13-15)26-25(31)29(14)16-7-9-17(32-2)10-8-16/h4-13,22,30H,1-3H3,(H,26,31). The van der Waals surface area contributed by atoms with Crippen molar-refractivity contribution in [2.75, 3.05) is 19.1 Å².